The summed E-state index contributed by atoms with van der Waals surface area (Å²) in [6.45, 7) is 8.36. The van der Waals surface area contributed by atoms with Crippen LogP contribution in [0, 0.1) is 0 Å². The van der Waals surface area contributed by atoms with Gasteiger partial charge in [0.1, 0.15) is 0 Å². The maximum atomic E-state index is 12.4. The van der Waals surface area contributed by atoms with Crippen molar-refractivity contribution in [1.82, 2.24) is 14.7 Å². The molecule has 1 heterocycles. The molecule has 116 valence electrons. The first-order valence-electron chi connectivity index (χ1n) is 7.75. The number of carbonyl (C=O) groups excluding carboxylic acids is 1. The van der Waals surface area contributed by atoms with E-state index in [1.807, 2.05) is 4.90 Å². The van der Waals surface area contributed by atoms with Crippen molar-refractivity contribution in [3.05, 3.63) is 0 Å². The van der Waals surface area contributed by atoms with Gasteiger partial charge in [-0.1, -0.05) is 0 Å². The second-order valence-corrected chi connectivity index (χ2v) is 6.37. The highest BCUT2D eigenvalue weighted by molar-refractivity contribution is 5.78. The molecule has 1 amide bonds. The van der Waals surface area contributed by atoms with Gasteiger partial charge in [0.25, 0.3) is 0 Å². The van der Waals surface area contributed by atoms with Gasteiger partial charge in [0.2, 0.25) is 5.91 Å². The van der Waals surface area contributed by atoms with Crippen molar-refractivity contribution in [2.45, 2.75) is 44.8 Å². The van der Waals surface area contributed by atoms with Crippen molar-refractivity contribution in [3.63, 3.8) is 0 Å². The first kappa shape index (κ1) is 15.7. The van der Waals surface area contributed by atoms with Gasteiger partial charge in [0, 0.05) is 44.9 Å². The van der Waals surface area contributed by atoms with Gasteiger partial charge in [-0.15, -0.1) is 0 Å². The van der Waals surface area contributed by atoms with E-state index in [-0.39, 0.29) is 5.91 Å². The number of rotatable bonds is 6. The number of methoxy groups -OCH3 is 1. The molecule has 1 aliphatic carbocycles. The molecule has 2 fully saturated rings. The monoisotopic (exact) mass is 283 g/mol. The maximum Gasteiger partial charge on any atom is 0.236 e. The van der Waals surface area contributed by atoms with Crippen molar-refractivity contribution < 1.29 is 9.53 Å². The lowest BCUT2D eigenvalue weighted by atomic mass is 10.1. The average molecular weight is 283 g/mol. The lowest BCUT2D eigenvalue weighted by Gasteiger charge is -2.44. The molecule has 2 atom stereocenters. The van der Waals surface area contributed by atoms with Gasteiger partial charge in [-0.2, -0.15) is 0 Å². The Balaban J connectivity index is 1.83. The molecular formula is C15H29N3O2. The number of hydrogen-bond acceptors (Lipinski definition) is 4. The lowest BCUT2D eigenvalue weighted by molar-refractivity contribution is -0.136. The smallest absolute Gasteiger partial charge is 0.236 e. The molecular weight excluding hydrogens is 254 g/mol. The van der Waals surface area contributed by atoms with Crippen LogP contribution in [0.5, 0.6) is 0 Å². The lowest BCUT2D eigenvalue weighted by Crippen LogP contribution is -2.59. The summed E-state index contributed by atoms with van der Waals surface area (Å²) in [5.41, 5.74) is 0. The minimum Gasteiger partial charge on any atom is -0.383 e. The number of carbonyl (C=O) groups is 1. The third-order valence-corrected chi connectivity index (χ3v) is 4.56. The van der Waals surface area contributed by atoms with Crippen LogP contribution in [0.1, 0.15) is 26.7 Å². The highest BCUT2D eigenvalue weighted by Gasteiger charge is 2.33. The summed E-state index contributed by atoms with van der Waals surface area (Å²) in [6.07, 6.45) is 2.50. The number of amides is 1. The van der Waals surface area contributed by atoms with Crippen LogP contribution in [0.2, 0.25) is 0 Å². The molecule has 1 saturated carbocycles. The zero-order valence-corrected chi connectivity index (χ0v) is 13.3. The molecule has 0 aromatic rings. The fourth-order valence-electron chi connectivity index (χ4n) is 3.16. The zero-order chi connectivity index (χ0) is 14.7. The van der Waals surface area contributed by atoms with Crippen LogP contribution in [0.4, 0.5) is 0 Å². The Morgan fingerprint density at radius 2 is 1.85 bits per heavy atom. The van der Waals surface area contributed by atoms with E-state index in [2.05, 4.69) is 30.7 Å². The quantitative estimate of drug-likeness (QED) is 0.717. The van der Waals surface area contributed by atoms with Crippen molar-refractivity contribution in [1.29, 1.82) is 0 Å². The topological polar surface area (TPSA) is 36.0 Å². The molecule has 0 radical (unpaired) electrons. The largest absolute Gasteiger partial charge is 0.383 e. The summed E-state index contributed by atoms with van der Waals surface area (Å²) in [5.74, 6) is 0.282. The fourth-order valence-corrected chi connectivity index (χ4v) is 3.16. The molecule has 20 heavy (non-hydrogen) atoms. The molecule has 1 aliphatic heterocycles. The van der Waals surface area contributed by atoms with E-state index >= 15 is 0 Å². The second-order valence-electron chi connectivity index (χ2n) is 6.37. The summed E-state index contributed by atoms with van der Waals surface area (Å²) in [4.78, 5) is 19.1. The molecule has 5 heteroatoms. The van der Waals surface area contributed by atoms with Gasteiger partial charge in [0.15, 0.2) is 0 Å². The van der Waals surface area contributed by atoms with Crippen molar-refractivity contribution >= 4 is 5.91 Å². The number of likely N-dealkylation sites (N-methyl/N-ethyl adjacent to an activating group) is 1. The zero-order valence-electron chi connectivity index (χ0n) is 13.3. The van der Waals surface area contributed by atoms with Gasteiger partial charge >= 0.3 is 0 Å². The summed E-state index contributed by atoms with van der Waals surface area (Å²) in [5, 5.41) is 0. The van der Waals surface area contributed by atoms with Gasteiger partial charge < -0.3 is 9.64 Å². The van der Waals surface area contributed by atoms with Crippen LogP contribution in [0.15, 0.2) is 0 Å². The molecule has 1 saturated heterocycles. The highest BCUT2D eigenvalue weighted by atomic mass is 16.5. The molecule has 0 spiro atoms. The van der Waals surface area contributed by atoms with Crippen LogP contribution in [-0.2, 0) is 9.53 Å². The van der Waals surface area contributed by atoms with Gasteiger partial charge in [-0.3, -0.25) is 14.6 Å². The Bertz CT molecular complexity index is 321. The van der Waals surface area contributed by atoms with Crippen LogP contribution >= 0.6 is 0 Å². The maximum absolute atomic E-state index is 12.4. The van der Waals surface area contributed by atoms with Crippen LogP contribution in [-0.4, -0.2) is 85.7 Å². The molecule has 0 N–H and O–H groups in total. The molecule has 0 aromatic carbocycles. The minimum absolute atomic E-state index is 0.282. The minimum atomic E-state index is 0.282. The molecule has 0 unspecified atom stereocenters. The highest BCUT2D eigenvalue weighted by Crippen LogP contribution is 2.25. The Kier molecular flexibility index (Phi) is 5.41. The van der Waals surface area contributed by atoms with Crippen LogP contribution in [0.25, 0.3) is 0 Å². The molecule has 0 aromatic heterocycles. The normalized spacial score (nSPS) is 28.1. The SMILES string of the molecule is COCCN1[C@H](C)CN(C(=O)CN(C)C2CC2)C[C@@H]1C. The molecule has 2 aliphatic rings. The fraction of sp³-hybridized carbons (Fsp3) is 0.933. The average Bonchev–Trinajstić information content (AvgIpc) is 3.21. The molecule has 2 rings (SSSR count). The van der Waals surface area contributed by atoms with E-state index in [1.165, 1.54) is 12.8 Å². The van der Waals surface area contributed by atoms with E-state index in [1.54, 1.807) is 7.11 Å². The van der Waals surface area contributed by atoms with Gasteiger partial charge in [0.05, 0.1) is 13.2 Å². The van der Waals surface area contributed by atoms with Gasteiger partial charge in [-0.25, -0.2) is 0 Å². The van der Waals surface area contributed by atoms with E-state index in [0.717, 1.165) is 26.2 Å². The first-order valence-corrected chi connectivity index (χ1v) is 7.75. The summed E-state index contributed by atoms with van der Waals surface area (Å²) < 4.78 is 5.17. The number of piperazine rings is 1. The van der Waals surface area contributed by atoms with E-state index in [4.69, 9.17) is 4.74 Å². The van der Waals surface area contributed by atoms with Crippen molar-refractivity contribution in [3.8, 4) is 0 Å². The first-order chi connectivity index (χ1) is 9.52. The third-order valence-electron chi connectivity index (χ3n) is 4.56. The number of hydrogen-bond donors (Lipinski definition) is 0. The van der Waals surface area contributed by atoms with E-state index in [9.17, 15) is 4.79 Å². The van der Waals surface area contributed by atoms with Crippen molar-refractivity contribution in [2.24, 2.45) is 0 Å². The summed E-state index contributed by atoms with van der Waals surface area (Å²) in [7, 11) is 3.81. The molecule has 5 nitrogen and oxygen atoms in total. The van der Waals surface area contributed by atoms with E-state index in [0.29, 0.717) is 24.7 Å². The standard InChI is InChI=1S/C15H29N3O2/c1-12-9-17(10-13(2)18(12)7-8-20-4)15(19)11-16(3)14-5-6-14/h12-14H,5-11H2,1-4H3/t12-,13+. The van der Waals surface area contributed by atoms with Gasteiger partial charge in [-0.05, 0) is 33.7 Å². The number of nitrogens with zero attached hydrogens (tertiary/aromatic N) is 3. The van der Waals surface area contributed by atoms with Crippen molar-refractivity contribution in [2.75, 3.05) is 46.9 Å². The van der Waals surface area contributed by atoms with Crippen LogP contribution in [0.3, 0.4) is 0 Å². The number of ether oxygens (including phenoxy) is 1. The predicted molar refractivity (Wildman–Crippen MR) is 79.7 cm³/mol. The predicted octanol–water partition coefficient (Wildman–Crippen LogP) is 0.648. The Morgan fingerprint density at radius 1 is 1.25 bits per heavy atom. The van der Waals surface area contributed by atoms with E-state index < -0.39 is 0 Å². The summed E-state index contributed by atoms with van der Waals surface area (Å²) >= 11 is 0. The Labute approximate surface area is 122 Å². The second kappa shape index (κ2) is 6.87. The molecule has 0 bridgehead atoms. The Morgan fingerprint density at radius 3 is 2.35 bits per heavy atom. The Hall–Kier alpha value is -0.650. The summed E-state index contributed by atoms with van der Waals surface area (Å²) in [6, 6.07) is 1.46. The third kappa shape index (κ3) is 3.93. The van der Waals surface area contributed by atoms with Crippen LogP contribution < -0.4 is 0 Å².